The maximum absolute atomic E-state index is 5.65. The first-order valence-electron chi connectivity index (χ1n) is 3.61. The Hall–Kier alpha value is -0.570. The van der Waals surface area contributed by atoms with Crippen molar-refractivity contribution in [3.8, 4) is 0 Å². The predicted octanol–water partition coefficient (Wildman–Crippen LogP) is 2.06. The summed E-state index contributed by atoms with van der Waals surface area (Å²) in [6.45, 7) is 6.47. The van der Waals surface area contributed by atoms with Gasteiger partial charge in [0.25, 0.3) is 0 Å². The van der Waals surface area contributed by atoms with Crippen molar-refractivity contribution in [2.45, 2.75) is 26.3 Å². The van der Waals surface area contributed by atoms with Crippen LogP contribution < -0.4 is 5.73 Å². The summed E-state index contributed by atoms with van der Waals surface area (Å²) in [7, 11) is 0. The van der Waals surface area contributed by atoms with Gasteiger partial charge in [0.15, 0.2) is 0 Å². The van der Waals surface area contributed by atoms with Crippen molar-refractivity contribution in [2.75, 3.05) is 0 Å². The first kappa shape index (κ1) is 8.53. The minimum absolute atomic E-state index is 0.139. The molecule has 0 saturated heterocycles. The average molecular weight is 170 g/mol. The van der Waals surface area contributed by atoms with Gasteiger partial charge < -0.3 is 10.0 Å². The van der Waals surface area contributed by atoms with Gasteiger partial charge in [0.05, 0.1) is 5.03 Å². The van der Waals surface area contributed by atoms with E-state index in [2.05, 4.69) is 25.1 Å². The molecule has 62 valence electrons. The molecule has 1 aliphatic rings. The summed E-state index contributed by atoms with van der Waals surface area (Å²) in [6, 6.07) is 0. The van der Waals surface area contributed by atoms with E-state index in [-0.39, 0.29) is 5.54 Å². The average Bonchev–Trinajstić information content (AvgIpc) is 1.86. The Kier molecular flexibility index (Phi) is 2.18. The Morgan fingerprint density at radius 1 is 1.45 bits per heavy atom. The van der Waals surface area contributed by atoms with Gasteiger partial charge in [-0.2, -0.15) is 0 Å². The number of rotatable bonds is 0. The Labute approximate surface area is 72.3 Å². The monoisotopic (exact) mass is 170 g/mol. The third-order valence-electron chi connectivity index (χ3n) is 1.35. The van der Waals surface area contributed by atoms with Crippen molar-refractivity contribution >= 4 is 11.9 Å². The summed E-state index contributed by atoms with van der Waals surface area (Å²) in [5.41, 5.74) is 5.79. The van der Waals surface area contributed by atoms with E-state index in [0.717, 1.165) is 5.03 Å². The number of hydrogen-bond acceptors (Lipinski definition) is 3. The molecule has 0 radical (unpaired) electrons. The highest BCUT2D eigenvalue weighted by Gasteiger charge is 2.20. The molecule has 0 aromatic heterocycles. The van der Waals surface area contributed by atoms with E-state index in [1.165, 1.54) is 0 Å². The van der Waals surface area contributed by atoms with E-state index in [1.54, 1.807) is 11.9 Å². The number of hydrogen-bond donors (Lipinski definition) is 1. The Morgan fingerprint density at radius 3 is 2.45 bits per heavy atom. The normalized spacial score (nSPS) is 18.5. The van der Waals surface area contributed by atoms with Crippen LogP contribution in [0.1, 0.15) is 20.8 Å². The molecule has 0 fully saturated rings. The largest absolute Gasteiger partial charge is 0.392 e. The molecule has 1 aliphatic heterocycles. The molecule has 0 atom stereocenters. The smallest absolute Gasteiger partial charge is 0.0868 e. The fourth-order valence-electron chi connectivity index (χ4n) is 0.751. The van der Waals surface area contributed by atoms with Crippen LogP contribution in [0.2, 0.25) is 0 Å². The molecule has 0 saturated carbocycles. The van der Waals surface area contributed by atoms with E-state index < -0.39 is 0 Å². The molecule has 11 heavy (non-hydrogen) atoms. The molecule has 0 aromatic rings. The standard InChI is InChI=1S/C8H14N2S/c1-8(2,3)10-6-4-5-7(9)11-10/h4-6H,9H2,1-3H3. The van der Waals surface area contributed by atoms with E-state index in [9.17, 15) is 0 Å². The van der Waals surface area contributed by atoms with E-state index in [0.29, 0.717) is 0 Å². The molecule has 0 aromatic carbocycles. The second-order valence-electron chi connectivity index (χ2n) is 3.50. The van der Waals surface area contributed by atoms with Gasteiger partial charge in [-0.05, 0) is 32.9 Å². The fraction of sp³-hybridized carbons (Fsp3) is 0.500. The summed E-state index contributed by atoms with van der Waals surface area (Å²) in [5.74, 6) is 0. The molecule has 1 heterocycles. The van der Waals surface area contributed by atoms with E-state index in [1.807, 2.05) is 18.4 Å². The van der Waals surface area contributed by atoms with Crippen molar-refractivity contribution in [3.05, 3.63) is 23.4 Å². The van der Waals surface area contributed by atoms with Gasteiger partial charge >= 0.3 is 0 Å². The van der Waals surface area contributed by atoms with Crippen molar-refractivity contribution in [1.29, 1.82) is 0 Å². The highest BCUT2D eigenvalue weighted by atomic mass is 32.2. The van der Waals surface area contributed by atoms with Gasteiger partial charge in [0.2, 0.25) is 0 Å². The molecule has 0 bridgehead atoms. The summed E-state index contributed by atoms with van der Waals surface area (Å²) >= 11 is 1.58. The van der Waals surface area contributed by atoms with Crippen molar-refractivity contribution in [3.63, 3.8) is 0 Å². The number of nitrogens with two attached hydrogens (primary N) is 1. The second kappa shape index (κ2) is 2.81. The Bertz CT molecular complexity index is 201. The van der Waals surface area contributed by atoms with Crippen LogP contribution in [0.4, 0.5) is 0 Å². The third-order valence-corrected chi connectivity index (χ3v) is 2.56. The van der Waals surface area contributed by atoms with Crippen LogP contribution in [-0.4, -0.2) is 9.84 Å². The van der Waals surface area contributed by atoms with Crippen molar-refractivity contribution in [1.82, 2.24) is 4.31 Å². The lowest BCUT2D eigenvalue weighted by molar-refractivity contribution is 0.349. The first-order chi connectivity index (χ1) is 5.00. The Balaban J connectivity index is 2.67. The molecule has 2 N–H and O–H groups in total. The molecule has 0 unspecified atom stereocenters. The molecule has 0 spiro atoms. The van der Waals surface area contributed by atoms with Gasteiger partial charge in [0, 0.05) is 23.7 Å². The van der Waals surface area contributed by atoms with Crippen molar-refractivity contribution in [2.24, 2.45) is 5.73 Å². The second-order valence-corrected chi connectivity index (χ2v) is 4.55. The molecule has 3 heteroatoms. The topological polar surface area (TPSA) is 29.3 Å². The van der Waals surface area contributed by atoms with Gasteiger partial charge in [-0.25, -0.2) is 0 Å². The minimum atomic E-state index is 0.139. The SMILES string of the molecule is CC(C)(C)N1C=CC=C(N)S1. The lowest BCUT2D eigenvalue weighted by Crippen LogP contribution is -2.33. The molecule has 1 rings (SSSR count). The number of nitrogens with zero attached hydrogens (tertiary/aromatic N) is 1. The van der Waals surface area contributed by atoms with E-state index in [4.69, 9.17) is 5.73 Å². The van der Waals surface area contributed by atoms with Gasteiger partial charge in [-0.1, -0.05) is 0 Å². The van der Waals surface area contributed by atoms with Gasteiger partial charge in [0.1, 0.15) is 0 Å². The van der Waals surface area contributed by atoms with Crippen LogP contribution >= 0.6 is 11.9 Å². The third kappa shape index (κ3) is 2.19. The summed E-state index contributed by atoms with van der Waals surface area (Å²) in [6.07, 6.45) is 5.92. The van der Waals surface area contributed by atoms with Crippen LogP contribution in [0.15, 0.2) is 23.4 Å². The lowest BCUT2D eigenvalue weighted by atomic mass is 10.1. The molecular weight excluding hydrogens is 156 g/mol. The van der Waals surface area contributed by atoms with Crippen LogP contribution in [0.3, 0.4) is 0 Å². The quantitative estimate of drug-likeness (QED) is 0.564. The highest BCUT2D eigenvalue weighted by molar-refractivity contribution is 8.00. The molecule has 0 aliphatic carbocycles. The van der Waals surface area contributed by atoms with Crippen LogP contribution in [0.5, 0.6) is 0 Å². The molecule has 2 nitrogen and oxygen atoms in total. The Morgan fingerprint density at radius 2 is 2.09 bits per heavy atom. The molecular formula is C8H14N2S. The maximum Gasteiger partial charge on any atom is 0.0868 e. The zero-order valence-electron chi connectivity index (χ0n) is 7.16. The maximum atomic E-state index is 5.65. The summed E-state index contributed by atoms with van der Waals surface area (Å²) < 4.78 is 2.14. The fourth-order valence-corrected chi connectivity index (χ4v) is 1.52. The first-order valence-corrected chi connectivity index (χ1v) is 4.39. The summed E-state index contributed by atoms with van der Waals surface area (Å²) in [4.78, 5) is 0. The van der Waals surface area contributed by atoms with Gasteiger partial charge in [-0.3, -0.25) is 0 Å². The minimum Gasteiger partial charge on any atom is -0.392 e. The van der Waals surface area contributed by atoms with Crippen LogP contribution in [0, 0.1) is 0 Å². The van der Waals surface area contributed by atoms with E-state index >= 15 is 0 Å². The van der Waals surface area contributed by atoms with Crippen LogP contribution in [-0.2, 0) is 0 Å². The summed E-state index contributed by atoms with van der Waals surface area (Å²) in [5, 5.41) is 0.849. The zero-order valence-corrected chi connectivity index (χ0v) is 7.98. The van der Waals surface area contributed by atoms with Gasteiger partial charge in [-0.15, -0.1) is 0 Å². The van der Waals surface area contributed by atoms with Crippen molar-refractivity contribution < 1.29 is 0 Å². The molecule has 0 amide bonds. The zero-order chi connectivity index (χ0) is 8.48. The highest BCUT2D eigenvalue weighted by Crippen LogP contribution is 2.29. The van der Waals surface area contributed by atoms with Crippen LogP contribution in [0.25, 0.3) is 0 Å². The predicted molar refractivity (Wildman–Crippen MR) is 50.6 cm³/mol. The lowest BCUT2D eigenvalue weighted by Gasteiger charge is -2.34. The number of allylic oxidation sites excluding steroid dienone is 2.